The molecule has 2 aromatic carbocycles. The molecule has 0 aliphatic carbocycles. The first kappa shape index (κ1) is 17.6. The van der Waals surface area contributed by atoms with Crippen LogP contribution in [0, 0.1) is 11.3 Å². The number of hydrogen-bond acceptors (Lipinski definition) is 3. The Kier molecular flexibility index (Phi) is 5.31. The lowest BCUT2D eigenvalue weighted by molar-refractivity contribution is -0.137. The van der Waals surface area contributed by atoms with Crippen LogP contribution >= 0.6 is 11.6 Å². The SMILES string of the molecule is N#Cc1ccccc1OCC(=O)Nc1ccc(Cl)cc1C(F)(F)F. The van der Waals surface area contributed by atoms with E-state index in [4.69, 9.17) is 21.6 Å². The van der Waals surface area contributed by atoms with Gasteiger partial charge in [-0.2, -0.15) is 18.4 Å². The van der Waals surface area contributed by atoms with E-state index in [2.05, 4.69) is 5.32 Å². The summed E-state index contributed by atoms with van der Waals surface area (Å²) in [7, 11) is 0. The summed E-state index contributed by atoms with van der Waals surface area (Å²) in [5, 5.41) is 10.9. The molecule has 2 aromatic rings. The Morgan fingerprint density at radius 2 is 1.96 bits per heavy atom. The molecular weight excluding hydrogens is 345 g/mol. The number of ether oxygens (including phenoxy) is 1. The number of benzene rings is 2. The highest BCUT2D eigenvalue weighted by Gasteiger charge is 2.34. The van der Waals surface area contributed by atoms with Crippen molar-refractivity contribution >= 4 is 23.2 Å². The fraction of sp³-hybridized carbons (Fsp3) is 0.125. The van der Waals surface area contributed by atoms with Crippen LogP contribution in [0.25, 0.3) is 0 Å². The Labute approximate surface area is 140 Å². The molecule has 4 nitrogen and oxygen atoms in total. The maximum absolute atomic E-state index is 13.0. The minimum atomic E-state index is -4.66. The lowest BCUT2D eigenvalue weighted by Gasteiger charge is -2.14. The van der Waals surface area contributed by atoms with Crippen molar-refractivity contribution in [2.75, 3.05) is 11.9 Å². The maximum atomic E-state index is 13.0. The molecule has 124 valence electrons. The minimum Gasteiger partial charge on any atom is -0.482 e. The predicted octanol–water partition coefficient (Wildman–Crippen LogP) is 4.25. The standard InChI is InChI=1S/C16H10ClF3N2O2/c17-11-5-6-13(12(7-11)16(18,19)20)22-15(23)9-24-14-4-2-1-3-10(14)8-21/h1-7H,9H2,(H,22,23). The van der Waals surface area contributed by atoms with Gasteiger partial charge in [0.25, 0.3) is 5.91 Å². The third-order valence-corrected chi connectivity index (χ3v) is 3.16. The van der Waals surface area contributed by atoms with Crippen molar-refractivity contribution < 1.29 is 22.7 Å². The number of halogens is 4. The van der Waals surface area contributed by atoms with Crippen LogP contribution in [0.3, 0.4) is 0 Å². The molecule has 1 amide bonds. The number of nitriles is 1. The molecule has 0 saturated heterocycles. The first-order valence-corrected chi connectivity index (χ1v) is 6.97. The third kappa shape index (κ3) is 4.40. The average Bonchev–Trinajstić information content (AvgIpc) is 2.54. The smallest absolute Gasteiger partial charge is 0.418 e. The first-order valence-electron chi connectivity index (χ1n) is 6.60. The van der Waals surface area contributed by atoms with Crippen LogP contribution in [0.5, 0.6) is 5.75 Å². The van der Waals surface area contributed by atoms with Crippen molar-refractivity contribution in [1.29, 1.82) is 5.26 Å². The van der Waals surface area contributed by atoms with Gasteiger partial charge in [0, 0.05) is 5.02 Å². The fourth-order valence-electron chi connectivity index (χ4n) is 1.87. The monoisotopic (exact) mass is 354 g/mol. The fourth-order valence-corrected chi connectivity index (χ4v) is 2.05. The van der Waals surface area contributed by atoms with Gasteiger partial charge in [0.15, 0.2) is 6.61 Å². The topological polar surface area (TPSA) is 62.1 Å². The Morgan fingerprint density at radius 1 is 1.25 bits per heavy atom. The first-order chi connectivity index (χ1) is 11.3. The molecule has 0 fully saturated rings. The molecule has 8 heteroatoms. The molecule has 0 atom stereocenters. The summed E-state index contributed by atoms with van der Waals surface area (Å²) in [5.74, 6) is -0.627. The van der Waals surface area contributed by atoms with Crippen molar-refractivity contribution in [3.8, 4) is 11.8 Å². The summed E-state index contributed by atoms with van der Waals surface area (Å²) in [5.41, 5.74) is -1.26. The van der Waals surface area contributed by atoms with E-state index in [1.54, 1.807) is 12.1 Å². The lowest BCUT2D eigenvalue weighted by atomic mass is 10.1. The molecule has 0 bridgehead atoms. The maximum Gasteiger partial charge on any atom is 0.418 e. The number of carbonyl (C=O) groups is 1. The van der Waals surface area contributed by atoms with Crippen LogP contribution in [0.1, 0.15) is 11.1 Å². The Balaban J connectivity index is 2.10. The summed E-state index contributed by atoms with van der Waals surface area (Å²) in [4.78, 5) is 11.8. The number of rotatable bonds is 4. The highest BCUT2D eigenvalue weighted by atomic mass is 35.5. The van der Waals surface area contributed by atoms with E-state index in [0.717, 1.165) is 12.1 Å². The van der Waals surface area contributed by atoms with Crippen LogP contribution in [-0.2, 0) is 11.0 Å². The number of para-hydroxylation sites is 1. The van der Waals surface area contributed by atoms with Gasteiger partial charge < -0.3 is 10.1 Å². The molecular formula is C16H10ClF3N2O2. The van der Waals surface area contributed by atoms with Gasteiger partial charge >= 0.3 is 6.18 Å². The van der Waals surface area contributed by atoms with E-state index in [0.29, 0.717) is 0 Å². The van der Waals surface area contributed by atoms with E-state index < -0.39 is 29.9 Å². The lowest BCUT2D eigenvalue weighted by Crippen LogP contribution is -2.22. The number of alkyl halides is 3. The number of anilines is 1. The van der Waals surface area contributed by atoms with Crippen molar-refractivity contribution in [1.82, 2.24) is 0 Å². The van der Waals surface area contributed by atoms with Gasteiger partial charge in [-0.15, -0.1) is 0 Å². The quantitative estimate of drug-likeness (QED) is 0.892. The third-order valence-electron chi connectivity index (χ3n) is 2.93. The van der Waals surface area contributed by atoms with Gasteiger partial charge in [0.2, 0.25) is 0 Å². The summed E-state index contributed by atoms with van der Waals surface area (Å²) in [6.07, 6.45) is -4.66. The highest BCUT2D eigenvalue weighted by Crippen LogP contribution is 2.36. The molecule has 2 rings (SSSR count). The second kappa shape index (κ2) is 7.23. The van der Waals surface area contributed by atoms with Crippen molar-refractivity contribution in [2.24, 2.45) is 0 Å². The summed E-state index contributed by atoms with van der Waals surface area (Å²) in [6, 6.07) is 11.1. The van der Waals surface area contributed by atoms with Crippen LogP contribution in [0.4, 0.5) is 18.9 Å². The van der Waals surface area contributed by atoms with Crippen molar-refractivity contribution in [2.45, 2.75) is 6.18 Å². The number of nitrogens with one attached hydrogen (secondary N) is 1. The normalized spacial score (nSPS) is 10.8. The highest BCUT2D eigenvalue weighted by molar-refractivity contribution is 6.30. The number of hydrogen-bond donors (Lipinski definition) is 1. The number of amides is 1. The van der Waals surface area contributed by atoms with Crippen molar-refractivity contribution in [3.63, 3.8) is 0 Å². The van der Waals surface area contributed by atoms with E-state index in [-0.39, 0.29) is 16.3 Å². The summed E-state index contributed by atoms with van der Waals surface area (Å²) in [6.45, 7) is -0.543. The van der Waals surface area contributed by atoms with Crippen LogP contribution in [-0.4, -0.2) is 12.5 Å². The molecule has 0 saturated carbocycles. The summed E-state index contributed by atoms with van der Waals surface area (Å²) >= 11 is 5.57. The van der Waals surface area contributed by atoms with E-state index in [1.165, 1.54) is 18.2 Å². The van der Waals surface area contributed by atoms with Gasteiger partial charge in [-0.05, 0) is 30.3 Å². The molecule has 24 heavy (non-hydrogen) atoms. The van der Waals surface area contributed by atoms with Gasteiger partial charge in [0.05, 0.1) is 16.8 Å². The summed E-state index contributed by atoms with van der Waals surface area (Å²) < 4.78 is 44.0. The van der Waals surface area contributed by atoms with E-state index in [9.17, 15) is 18.0 Å². The molecule has 1 N–H and O–H groups in total. The van der Waals surface area contributed by atoms with E-state index in [1.807, 2.05) is 6.07 Å². The largest absolute Gasteiger partial charge is 0.482 e. The number of nitrogens with zero attached hydrogens (tertiary/aromatic N) is 1. The Hall–Kier alpha value is -2.72. The minimum absolute atomic E-state index is 0.0977. The zero-order valence-corrected chi connectivity index (χ0v) is 12.8. The zero-order chi connectivity index (χ0) is 17.7. The molecule has 0 spiro atoms. The Bertz CT molecular complexity index is 801. The second-order valence-electron chi connectivity index (χ2n) is 4.63. The van der Waals surface area contributed by atoms with Gasteiger partial charge in [0.1, 0.15) is 11.8 Å². The van der Waals surface area contributed by atoms with Crippen molar-refractivity contribution in [3.05, 3.63) is 58.6 Å². The van der Waals surface area contributed by atoms with Gasteiger partial charge in [-0.3, -0.25) is 4.79 Å². The number of carbonyl (C=O) groups excluding carboxylic acids is 1. The van der Waals surface area contributed by atoms with E-state index >= 15 is 0 Å². The molecule has 0 aliphatic heterocycles. The second-order valence-corrected chi connectivity index (χ2v) is 5.07. The predicted molar refractivity (Wildman–Crippen MR) is 81.7 cm³/mol. The molecule has 0 unspecified atom stereocenters. The zero-order valence-electron chi connectivity index (χ0n) is 12.0. The Morgan fingerprint density at radius 3 is 2.62 bits per heavy atom. The van der Waals surface area contributed by atoms with Crippen LogP contribution < -0.4 is 10.1 Å². The van der Waals surface area contributed by atoms with Gasteiger partial charge in [-0.25, -0.2) is 0 Å². The molecule has 0 heterocycles. The van der Waals surface area contributed by atoms with Crippen LogP contribution in [0.15, 0.2) is 42.5 Å². The van der Waals surface area contributed by atoms with Crippen LogP contribution in [0.2, 0.25) is 5.02 Å². The molecule has 0 aliphatic rings. The molecule has 0 aromatic heterocycles. The average molecular weight is 355 g/mol. The van der Waals surface area contributed by atoms with Gasteiger partial charge in [-0.1, -0.05) is 23.7 Å². The molecule has 0 radical (unpaired) electrons.